The zero-order valence-corrected chi connectivity index (χ0v) is 16.6. The van der Waals surface area contributed by atoms with Crippen LogP contribution >= 0.6 is 0 Å². The van der Waals surface area contributed by atoms with Crippen molar-refractivity contribution in [3.8, 4) is 6.07 Å². The normalized spacial score (nSPS) is 15.1. The van der Waals surface area contributed by atoms with Crippen molar-refractivity contribution in [3.05, 3.63) is 71.1 Å². The Kier molecular flexibility index (Phi) is 5.79. The van der Waals surface area contributed by atoms with Crippen molar-refractivity contribution in [1.82, 2.24) is 0 Å². The number of halogens is 4. The first-order valence-electron chi connectivity index (χ1n) is 9.31. The molecule has 0 radical (unpaired) electrons. The van der Waals surface area contributed by atoms with Crippen molar-refractivity contribution in [2.45, 2.75) is 25.1 Å². The molecule has 0 saturated heterocycles. The van der Waals surface area contributed by atoms with Gasteiger partial charge in [0, 0.05) is 17.9 Å². The summed E-state index contributed by atoms with van der Waals surface area (Å²) in [5.74, 6) is -1.42. The van der Waals surface area contributed by atoms with Gasteiger partial charge < -0.3 is 15.3 Å². The van der Waals surface area contributed by atoms with E-state index in [4.69, 9.17) is 5.26 Å². The Morgan fingerprint density at radius 2 is 2.06 bits per heavy atom. The fourth-order valence-corrected chi connectivity index (χ4v) is 3.48. The first-order valence-corrected chi connectivity index (χ1v) is 9.31. The molecule has 0 saturated carbocycles. The molecule has 2 aromatic carbocycles. The Balaban J connectivity index is 1.84. The van der Waals surface area contributed by atoms with Gasteiger partial charge in [-0.25, -0.2) is 4.39 Å². The highest BCUT2D eigenvalue weighted by atomic mass is 19.4. The van der Waals surface area contributed by atoms with Gasteiger partial charge in [0.2, 0.25) is 0 Å². The molecule has 5 nitrogen and oxygen atoms in total. The summed E-state index contributed by atoms with van der Waals surface area (Å²) in [6.07, 6.45) is -3.21. The Morgan fingerprint density at radius 1 is 1.35 bits per heavy atom. The van der Waals surface area contributed by atoms with Crippen molar-refractivity contribution >= 4 is 17.3 Å². The number of hydrogen-bond acceptors (Lipinski definition) is 4. The number of nitrogens with zero attached hydrogens (tertiary/aromatic N) is 2. The molecule has 1 amide bonds. The van der Waals surface area contributed by atoms with E-state index in [1.165, 1.54) is 12.1 Å². The molecule has 162 valence electrons. The van der Waals surface area contributed by atoms with Crippen molar-refractivity contribution in [2.24, 2.45) is 0 Å². The monoisotopic (exact) mass is 433 g/mol. The number of nitriles is 1. The maximum atomic E-state index is 14.0. The van der Waals surface area contributed by atoms with Gasteiger partial charge in [-0.3, -0.25) is 4.79 Å². The van der Waals surface area contributed by atoms with E-state index < -0.39 is 34.6 Å². The highest BCUT2D eigenvalue weighted by Gasteiger charge is 2.38. The number of nitrogens with one attached hydrogen (secondary N) is 1. The van der Waals surface area contributed by atoms with E-state index in [-0.39, 0.29) is 12.2 Å². The molecule has 1 aliphatic heterocycles. The number of carbonyl (C=O) groups excluding carboxylic acids is 1. The fraction of sp³-hybridized carbons (Fsp3) is 0.273. The van der Waals surface area contributed by atoms with Crippen LogP contribution in [0.15, 0.2) is 43.0 Å². The number of aliphatic hydroxyl groups is 1. The SMILES string of the molecule is C=C[C@](O)(CN1CCc2cc(C)c(F)cc21)C(=O)Nc1ccc(C#N)c(C(F)(F)F)c1. The van der Waals surface area contributed by atoms with Crippen LogP contribution in [0.2, 0.25) is 0 Å². The van der Waals surface area contributed by atoms with Gasteiger partial charge in [-0.2, -0.15) is 18.4 Å². The zero-order chi connectivity index (χ0) is 23.0. The summed E-state index contributed by atoms with van der Waals surface area (Å²) in [6, 6.07) is 7.19. The first kappa shape index (κ1) is 22.3. The molecule has 0 bridgehead atoms. The van der Waals surface area contributed by atoms with Crippen molar-refractivity contribution in [3.63, 3.8) is 0 Å². The van der Waals surface area contributed by atoms with Crippen LogP contribution in [0.1, 0.15) is 22.3 Å². The van der Waals surface area contributed by atoms with Crippen LogP contribution in [0, 0.1) is 24.1 Å². The molecule has 2 aromatic rings. The van der Waals surface area contributed by atoms with Crippen molar-refractivity contribution in [1.29, 1.82) is 5.26 Å². The number of β-amino-alcohol motifs (C(OH)–C–C–N with tert-alkyl or cyclic N) is 1. The number of benzene rings is 2. The third-order valence-corrected chi connectivity index (χ3v) is 5.22. The summed E-state index contributed by atoms with van der Waals surface area (Å²) in [6.45, 7) is 5.28. The number of carbonyl (C=O) groups is 1. The Morgan fingerprint density at radius 3 is 2.68 bits per heavy atom. The minimum Gasteiger partial charge on any atom is -0.374 e. The fourth-order valence-electron chi connectivity index (χ4n) is 3.48. The summed E-state index contributed by atoms with van der Waals surface area (Å²) < 4.78 is 53.5. The maximum absolute atomic E-state index is 14.0. The number of rotatable bonds is 5. The van der Waals surface area contributed by atoms with Crippen molar-refractivity contribution < 1.29 is 27.5 Å². The summed E-state index contributed by atoms with van der Waals surface area (Å²) in [7, 11) is 0. The van der Waals surface area contributed by atoms with Gasteiger partial charge in [-0.05, 0) is 54.8 Å². The highest BCUT2D eigenvalue weighted by molar-refractivity contribution is 5.99. The van der Waals surface area contributed by atoms with Gasteiger partial charge >= 0.3 is 6.18 Å². The lowest BCUT2D eigenvalue weighted by molar-refractivity contribution is -0.137. The molecule has 3 rings (SSSR count). The molecule has 0 spiro atoms. The molecular formula is C22H19F4N3O2. The molecule has 1 aliphatic rings. The number of fused-ring (bicyclic) bond motifs is 1. The molecule has 0 aromatic heterocycles. The van der Waals surface area contributed by atoms with Crippen LogP contribution < -0.4 is 10.2 Å². The largest absolute Gasteiger partial charge is 0.417 e. The van der Waals surface area contributed by atoms with Crippen LogP contribution in [0.25, 0.3) is 0 Å². The third kappa shape index (κ3) is 4.39. The molecule has 31 heavy (non-hydrogen) atoms. The van der Waals surface area contributed by atoms with Crippen LogP contribution in [0.5, 0.6) is 0 Å². The average molecular weight is 433 g/mol. The molecular weight excluding hydrogens is 414 g/mol. The summed E-state index contributed by atoms with van der Waals surface area (Å²) in [5, 5.41) is 22.0. The van der Waals surface area contributed by atoms with E-state index in [0.29, 0.717) is 30.3 Å². The second kappa shape index (κ2) is 8.04. The van der Waals surface area contributed by atoms with Gasteiger partial charge in [-0.15, -0.1) is 0 Å². The second-order valence-electron chi connectivity index (χ2n) is 7.35. The predicted octanol–water partition coefficient (Wildman–Crippen LogP) is 3.94. The highest BCUT2D eigenvalue weighted by Crippen LogP contribution is 2.34. The molecule has 0 fully saturated rings. The first-order chi connectivity index (χ1) is 14.5. The zero-order valence-electron chi connectivity index (χ0n) is 16.6. The Labute approximate surface area is 176 Å². The molecule has 0 aliphatic carbocycles. The van der Waals surface area contributed by atoms with E-state index in [9.17, 15) is 27.5 Å². The van der Waals surface area contributed by atoms with E-state index in [1.807, 2.05) is 0 Å². The van der Waals surface area contributed by atoms with Gasteiger partial charge in [0.25, 0.3) is 5.91 Å². The number of anilines is 2. The van der Waals surface area contributed by atoms with Crippen LogP contribution in [0.4, 0.5) is 28.9 Å². The van der Waals surface area contributed by atoms with E-state index in [1.54, 1.807) is 17.9 Å². The predicted molar refractivity (Wildman–Crippen MR) is 107 cm³/mol. The third-order valence-electron chi connectivity index (χ3n) is 5.22. The minimum atomic E-state index is -4.79. The van der Waals surface area contributed by atoms with Crippen molar-refractivity contribution in [2.75, 3.05) is 23.3 Å². The number of amides is 1. The van der Waals surface area contributed by atoms with E-state index in [2.05, 4.69) is 11.9 Å². The number of alkyl halides is 3. The summed E-state index contributed by atoms with van der Waals surface area (Å²) in [4.78, 5) is 14.3. The minimum absolute atomic E-state index is 0.236. The molecule has 9 heteroatoms. The van der Waals surface area contributed by atoms with Gasteiger partial charge in [-0.1, -0.05) is 12.6 Å². The quantitative estimate of drug-likeness (QED) is 0.553. The lowest BCUT2D eigenvalue weighted by atomic mass is 10.0. The Bertz CT molecular complexity index is 1090. The standard InChI is InChI=1S/C22H19F4N3O2/c1-3-21(31,12-29-7-6-14-8-13(2)18(23)10-19(14)29)20(30)28-16-5-4-15(11-27)17(9-16)22(24,25)26/h3-5,8-10,31H,1,6-7,12H2,2H3,(H,28,30)/t21-/m0/s1. The lowest BCUT2D eigenvalue weighted by Crippen LogP contribution is -2.50. The summed E-state index contributed by atoms with van der Waals surface area (Å²) >= 11 is 0. The molecule has 1 heterocycles. The topological polar surface area (TPSA) is 76.4 Å². The maximum Gasteiger partial charge on any atom is 0.417 e. The van der Waals surface area contributed by atoms with Gasteiger partial charge in [0.1, 0.15) is 5.82 Å². The van der Waals surface area contributed by atoms with Crippen LogP contribution in [-0.4, -0.2) is 29.7 Å². The molecule has 1 atom stereocenters. The van der Waals surface area contributed by atoms with E-state index >= 15 is 0 Å². The average Bonchev–Trinajstić information content (AvgIpc) is 3.08. The van der Waals surface area contributed by atoms with Gasteiger partial charge in [0.05, 0.1) is 23.7 Å². The van der Waals surface area contributed by atoms with Crippen LogP contribution in [-0.2, 0) is 17.4 Å². The smallest absolute Gasteiger partial charge is 0.374 e. The second-order valence-corrected chi connectivity index (χ2v) is 7.35. The molecule has 2 N–H and O–H groups in total. The van der Waals surface area contributed by atoms with Gasteiger partial charge in [0.15, 0.2) is 5.60 Å². The molecule has 0 unspecified atom stereocenters. The van der Waals surface area contributed by atoms with E-state index in [0.717, 1.165) is 23.8 Å². The number of aryl methyl sites for hydroxylation is 1. The Hall–Kier alpha value is -3.38. The van der Waals surface area contributed by atoms with Crippen LogP contribution in [0.3, 0.4) is 0 Å². The lowest BCUT2D eigenvalue weighted by Gasteiger charge is -2.30. The summed E-state index contributed by atoms with van der Waals surface area (Å²) in [5.41, 5.74) is -2.29. The number of hydrogen-bond donors (Lipinski definition) is 2.